The van der Waals surface area contributed by atoms with E-state index in [1.54, 1.807) is 37.2 Å². The van der Waals surface area contributed by atoms with Crippen molar-refractivity contribution in [1.29, 1.82) is 0 Å². The highest BCUT2D eigenvalue weighted by Gasteiger charge is 2.39. The van der Waals surface area contributed by atoms with Gasteiger partial charge in [-0.25, -0.2) is 0 Å². The summed E-state index contributed by atoms with van der Waals surface area (Å²) in [5.41, 5.74) is 5.74. The van der Waals surface area contributed by atoms with Crippen LogP contribution in [0.15, 0.2) is 24.3 Å². The van der Waals surface area contributed by atoms with Crippen molar-refractivity contribution in [3.05, 3.63) is 29.8 Å². The summed E-state index contributed by atoms with van der Waals surface area (Å²) in [5, 5.41) is 0. The monoisotopic (exact) mass is 218 g/mol. The van der Waals surface area contributed by atoms with Gasteiger partial charge in [0.2, 0.25) is 0 Å². The van der Waals surface area contributed by atoms with Crippen LogP contribution in [0.5, 0.6) is 0 Å². The van der Waals surface area contributed by atoms with Gasteiger partial charge in [-0.15, -0.1) is 0 Å². The fourth-order valence-electron chi connectivity index (χ4n) is 1.33. The van der Waals surface area contributed by atoms with Crippen LogP contribution in [0.1, 0.15) is 11.6 Å². The Labute approximate surface area is 86.5 Å². The van der Waals surface area contributed by atoms with E-state index >= 15 is 0 Å². The van der Waals surface area contributed by atoms with Crippen molar-refractivity contribution >= 4 is 5.69 Å². The molecule has 0 radical (unpaired) electrons. The second-order valence-corrected chi connectivity index (χ2v) is 3.47. The van der Waals surface area contributed by atoms with Crippen molar-refractivity contribution in [2.75, 3.05) is 19.0 Å². The molecule has 1 aromatic rings. The first kappa shape index (κ1) is 11.8. The summed E-state index contributed by atoms with van der Waals surface area (Å²) in [6.45, 7) is 0. The molecule has 0 amide bonds. The van der Waals surface area contributed by atoms with Crippen LogP contribution < -0.4 is 10.6 Å². The maximum atomic E-state index is 12.4. The van der Waals surface area contributed by atoms with E-state index in [-0.39, 0.29) is 5.56 Å². The number of hydrogen-bond acceptors (Lipinski definition) is 2. The number of benzene rings is 1. The van der Waals surface area contributed by atoms with Crippen molar-refractivity contribution in [1.82, 2.24) is 0 Å². The Bertz CT molecular complexity index is 334. The minimum Gasteiger partial charge on any atom is -0.377 e. The van der Waals surface area contributed by atoms with Crippen molar-refractivity contribution in [2.45, 2.75) is 12.2 Å². The second kappa shape index (κ2) is 4.10. The molecule has 0 aliphatic carbocycles. The molecule has 0 spiro atoms. The zero-order chi connectivity index (χ0) is 11.6. The molecule has 15 heavy (non-hydrogen) atoms. The standard InChI is InChI=1S/C10H13F3N2/c1-15(2)8-6-4-3-5-7(8)9(14)10(11,12)13/h3-6,9H,14H2,1-2H3. The van der Waals surface area contributed by atoms with E-state index in [0.29, 0.717) is 5.69 Å². The Hall–Kier alpha value is -1.23. The largest absolute Gasteiger partial charge is 0.407 e. The Kier molecular flexibility index (Phi) is 3.24. The molecule has 0 heterocycles. The smallest absolute Gasteiger partial charge is 0.377 e. The first-order valence-corrected chi connectivity index (χ1v) is 4.42. The maximum absolute atomic E-state index is 12.4. The van der Waals surface area contributed by atoms with Gasteiger partial charge in [-0.05, 0) is 6.07 Å². The third-order valence-electron chi connectivity index (χ3n) is 2.11. The lowest BCUT2D eigenvalue weighted by Gasteiger charge is -2.22. The van der Waals surface area contributed by atoms with E-state index in [4.69, 9.17) is 5.73 Å². The zero-order valence-corrected chi connectivity index (χ0v) is 8.55. The van der Waals surface area contributed by atoms with Crippen LogP contribution in [0.2, 0.25) is 0 Å². The minimum absolute atomic E-state index is 0.0926. The molecule has 0 aliphatic heterocycles. The quantitative estimate of drug-likeness (QED) is 0.825. The van der Waals surface area contributed by atoms with Crippen molar-refractivity contribution < 1.29 is 13.2 Å². The van der Waals surface area contributed by atoms with Crippen LogP contribution in [0.4, 0.5) is 18.9 Å². The first-order chi connectivity index (χ1) is 6.84. The Morgan fingerprint density at radius 1 is 1.20 bits per heavy atom. The fraction of sp³-hybridized carbons (Fsp3) is 0.400. The van der Waals surface area contributed by atoms with Crippen LogP contribution in [0.25, 0.3) is 0 Å². The number of halogens is 3. The topological polar surface area (TPSA) is 29.3 Å². The van der Waals surface area contributed by atoms with Crippen LogP contribution in [-0.2, 0) is 0 Å². The summed E-state index contributed by atoms with van der Waals surface area (Å²) in [7, 11) is 3.36. The maximum Gasteiger partial charge on any atom is 0.407 e. The van der Waals surface area contributed by atoms with Gasteiger partial charge in [0.15, 0.2) is 0 Å². The first-order valence-electron chi connectivity index (χ1n) is 4.42. The molecule has 0 aromatic heterocycles. The summed E-state index contributed by atoms with van der Waals surface area (Å²) in [4.78, 5) is 1.61. The van der Waals surface area contributed by atoms with Crippen LogP contribution in [-0.4, -0.2) is 20.3 Å². The number of rotatable bonds is 2. The highest BCUT2D eigenvalue weighted by molar-refractivity contribution is 5.54. The Morgan fingerprint density at radius 3 is 2.20 bits per heavy atom. The number of nitrogens with zero attached hydrogens (tertiary/aromatic N) is 1. The molecular formula is C10H13F3N2. The van der Waals surface area contributed by atoms with Gasteiger partial charge in [0.05, 0.1) is 0 Å². The number of alkyl halides is 3. The van der Waals surface area contributed by atoms with Crippen molar-refractivity contribution in [3.63, 3.8) is 0 Å². The number of hydrogen-bond donors (Lipinski definition) is 1. The summed E-state index contributed by atoms with van der Waals surface area (Å²) in [6, 6.07) is 4.31. The van der Waals surface area contributed by atoms with Crippen LogP contribution in [0, 0.1) is 0 Å². The molecule has 2 N–H and O–H groups in total. The average Bonchev–Trinajstić information content (AvgIpc) is 2.15. The number of anilines is 1. The van der Waals surface area contributed by atoms with Crippen molar-refractivity contribution in [2.24, 2.45) is 5.73 Å². The van der Waals surface area contributed by atoms with E-state index in [1.165, 1.54) is 6.07 Å². The van der Waals surface area contributed by atoms with E-state index < -0.39 is 12.2 Å². The molecule has 84 valence electrons. The molecule has 1 unspecified atom stereocenters. The molecule has 5 heteroatoms. The lowest BCUT2D eigenvalue weighted by Crippen LogP contribution is -2.30. The third-order valence-corrected chi connectivity index (χ3v) is 2.11. The second-order valence-electron chi connectivity index (χ2n) is 3.47. The summed E-state index contributed by atoms with van der Waals surface area (Å²) in [6.07, 6.45) is -4.41. The van der Waals surface area contributed by atoms with Gasteiger partial charge in [-0.3, -0.25) is 0 Å². The minimum atomic E-state index is -4.41. The van der Waals surface area contributed by atoms with Crippen LogP contribution in [0.3, 0.4) is 0 Å². The highest BCUT2D eigenvalue weighted by atomic mass is 19.4. The summed E-state index contributed by atoms with van der Waals surface area (Å²) < 4.78 is 37.3. The van der Waals surface area contributed by atoms with Gasteiger partial charge in [0, 0.05) is 25.3 Å². The summed E-state index contributed by atoms with van der Waals surface area (Å²) >= 11 is 0. The Balaban J connectivity index is 3.14. The van der Waals surface area contributed by atoms with E-state index in [0.717, 1.165) is 0 Å². The molecular weight excluding hydrogens is 205 g/mol. The van der Waals surface area contributed by atoms with Gasteiger partial charge in [-0.2, -0.15) is 13.2 Å². The lowest BCUT2D eigenvalue weighted by atomic mass is 10.0. The predicted molar refractivity (Wildman–Crippen MR) is 53.8 cm³/mol. The fourth-order valence-corrected chi connectivity index (χ4v) is 1.33. The zero-order valence-electron chi connectivity index (χ0n) is 8.55. The Morgan fingerprint density at radius 2 is 1.73 bits per heavy atom. The van der Waals surface area contributed by atoms with Gasteiger partial charge in [0.1, 0.15) is 6.04 Å². The van der Waals surface area contributed by atoms with Gasteiger partial charge in [0.25, 0.3) is 0 Å². The molecule has 0 aliphatic rings. The van der Waals surface area contributed by atoms with Crippen molar-refractivity contribution in [3.8, 4) is 0 Å². The van der Waals surface area contributed by atoms with E-state index in [2.05, 4.69) is 0 Å². The molecule has 1 atom stereocenters. The predicted octanol–water partition coefficient (Wildman–Crippen LogP) is 2.31. The molecule has 1 rings (SSSR count). The molecule has 1 aromatic carbocycles. The SMILES string of the molecule is CN(C)c1ccccc1C(N)C(F)(F)F. The molecule has 2 nitrogen and oxygen atoms in total. The normalized spacial score (nSPS) is 13.7. The third kappa shape index (κ3) is 2.62. The van der Waals surface area contributed by atoms with E-state index in [1.807, 2.05) is 0 Å². The molecule has 0 saturated heterocycles. The van der Waals surface area contributed by atoms with Gasteiger partial charge >= 0.3 is 6.18 Å². The number of nitrogens with two attached hydrogens (primary N) is 1. The lowest BCUT2D eigenvalue weighted by molar-refractivity contribution is -0.149. The van der Waals surface area contributed by atoms with E-state index in [9.17, 15) is 13.2 Å². The average molecular weight is 218 g/mol. The van der Waals surface area contributed by atoms with Gasteiger partial charge in [-0.1, -0.05) is 18.2 Å². The number of para-hydroxylation sites is 1. The molecule has 0 saturated carbocycles. The van der Waals surface area contributed by atoms with Gasteiger partial charge < -0.3 is 10.6 Å². The molecule has 0 fully saturated rings. The van der Waals surface area contributed by atoms with Crippen LogP contribution >= 0.6 is 0 Å². The molecule has 0 bridgehead atoms. The summed E-state index contributed by atoms with van der Waals surface area (Å²) in [5.74, 6) is 0. The highest BCUT2D eigenvalue weighted by Crippen LogP contribution is 2.34.